The molecule has 2 N–H and O–H groups in total. The second kappa shape index (κ2) is 6.59. The summed E-state index contributed by atoms with van der Waals surface area (Å²) in [6.45, 7) is 0. The second-order valence-electron chi connectivity index (χ2n) is 5.07. The number of carbonyl (C=O) groups is 1. The monoisotopic (exact) mass is 399 g/mol. The molecule has 0 saturated heterocycles. The number of carbonyl (C=O) groups excluding carboxylic acids is 1. The highest BCUT2D eigenvalue weighted by Crippen LogP contribution is 2.37. The van der Waals surface area contributed by atoms with Crippen molar-refractivity contribution in [1.82, 2.24) is 0 Å². The molecule has 2 aromatic carbocycles. The first-order valence-corrected chi connectivity index (χ1v) is 9.11. The number of ether oxygens (including phenoxy) is 1. The number of benzene rings is 2. The smallest absolute Gasteiger partial charge is 0.339 e. The van der Waals surface area contributed by atoms with E-state index in [0.717, 1.165) is 0 Å². The van der Waals surface area contributed by atoms with Crippen LogP contribution in [0.1, 0.15) is 11.7 Å². The van der Waals surface area contributed by atoms with Gasteiger partial charge in [0.2, 0.25) is 17.4 Å². The predicted molar refractivity (Wildman–Crippen MR) is 91.2 cm³/mol. The topological polar surface area (TPSA) is 95.7 Å². The van der Waals surface area contributed by atoms with Crippen LogP contribution in [0.2, 0.25) is 10.0 Å². The number of hydrogen-bond acceptors (Lipinski definition) is 6. The number of halogens is 2. The first-order chi connectivity index (χ1) is 11.8. The third-order valence-electron chi connectivity index (χ3n) is 3.40. The van der Waals surface area contributed by atoms with Crippen molar-refractivity contribution in [3.05, 3.63) is 75.8 Å². The van der Waals surface area contributed by atoms with Crippen LogP contribution in [0.5, 0.6) is 0 Å². The Labute approximate surface area is 153 Å². The molecule has 3 rings (SSSR count). The maximum atomic E-state index is 12.5. The van der Waals surface area contributed by atoms with Crippen molar-refractivity contribution in [3.8, 4) is 0 Å². The lowest BCUT2D eigenvalue weighted by atomic mass is 10.1. The van der Waals surface area contributed by atoms with Gasteiger partial charge in [-0.15, -0.1) is 0 Å². The van der Waals surface area contributed by atoms with Gasteiger partial charge in [-0.1, -0.05) is 47.5 Å². The van der Waals surface area contributed by atoms with E-state index in [1.807, 2.05) is 0 Å². The van der Waals surface area contributed by atoms with Gasteiger partial charge in [-0.3, -0.25) is 4.79 Å². The summed E-state index contributed by atoms with van der Waals surface area (Å²) in [4.78, 5) is 12.4. The lowest BCUT2D eigenvalue weighted by Crippen LogP contribution is -2.15. The standard InChI is InChI=1S/C16H11Cl2NO5S/c17-9-6-7-11(12(18)8-9)14-13(20)15(16(19)23-14)24-25(21,22)10-4-2-1-3-5-10/h1-8,14H,19H2. The summed E-state index contributed by atoms with van der Waals surface area (Å²) in [5.41, 5.74) is 5.94. The van der Waals surface area contributed by atoms with Crippen molar-refractivity contribution < 1.29 is 22.1 Å². The van der Waals surface area contributed by atoms with Crippen LogP contribution in [0.3, 0.4) is 0 Å². The third-order valence-corrected chi connectivity index (χ3v) is 5.20. The largest absolute Gasteiger partial charge is 0.460 e. The zero-order chi connectivity index (χ0) is 18.2. The van der Waals surface area contributed by atoms with Gasteiger partial charge in [-0.2, -0.15) is 8.42 Å². The second-order valence-corrected chi connectivity index (χ2v) is 7.46. The Balaban J connectivity index is 1.89. The summed E-state index contributed by atoms with van der Waals surface area (Å²) in [7, 11) is -4.22. The van der Waals surface area contributed by atoms with Crippen LogP contribution < -0.4 is 5.73 Å². The lowest BCUT2D eigenvalue weighted by molar-refractivity contribution is -0.123. The van der Waals surface area contributed by atoms with Gasteiger partial charge in [0.25, 0.3) is 0 Å². The van der Waals surface area contributed by atoms with E-state index in [-0.39, 0.29) is 9.92 Å². The van der Waals surface area contributed by atoms with Gasteiger partial charge in [0, 0.05) is 15.6 Å². The van der Waals surface area contributed by atoms with Gasteiger partial charge in [0.05, 0.1) is 0 Å². The summed E-state index contributed by atoms with van der Waals surface area (Å²) in [6.07, 6.45) is -1.20. The van der Waals surface area contributed by atoms with E-state index in [4.69, 9.17) is 37.9 Å². The van der Waals surface area contributed by atoms with Gasteiger partial charge in [-0.25, -0.2) is 0 Å². The van der Waals surface area contributed by atoms with E-state index in [2.05, 4.69) is 0 Å². The lowest BCUT2D eigenvalue weighted by Gasteiger charge is -2.12. The van der Waals surface area contributed by atoms with Crippen molar-refractivity contribution in [1.29, 1.82) is 0 Å². The SMILES string of the molecule is NC1=C(OS(=O)(=O)c2ccccc2)C(=O)C(c2ccc(Cl)cc2Cl)O1. The summed E-state index contributed by atoms with van der Waals surface area (Å²) in [5.74, 6) is -1.76. The molecular weight excluding hydrogens is 389 g/mol. The number of hydrogen-bond donors (Lipinski definition) is 1. The highest BCUT2D eigenvalue weighted by molar-refractivity contribution is 7.86. The summed E-state index contributed by atoms with van der Waals surface area (Å²) in [5, 5.41) is 0.564. The minimum Gasteiger partial charge on any atom is -0.460 e. The molecule has 9 heteroatoms. The van der Waals surface area contributed by atoms with Crippen molar-refractivity contribution >= 4 is 39.1 Å². The minimum absolute atomic E-state index is 0.115. The molecule has 130 valence electrons. The average molecular weight is 400 g/mol. The van der Waals surface area contributed by atoms with Gasteiger partial charge in [0.15, 0.2) is 6.10 Å². The molecule has 1 unspecified atom stereocenters. The maximum Gasteiger partial charge on any atom is 0.339 e. The van der Waals surface area contributed by atoms with E-state index in [1.54, 1.807) is 6.07 Å². The molecule has 0 radical (unpaired) electrons. The van der Waals surface area contributed by atoms with Gasteiger partial charge in [0.1, 0.15) is 4.90 Å². The Morgan fingerprint density at radius 1 is 1.08 bits per heavy atom. The molecule has 1 heterocycles. The van der Waals surface area contributed by atoms with Gasteiger partial charge in [-0.05, 0) is 24.3 Å². The van der Waals surface area contributed by atoms with Crippen LogP contribution in [0.4, 0.5) is 0 Å². The molecule has 1 aliphatic heterocycles. The van der Waals surface area contributed by atoms with E-state index in [9.17, 15) is 13.2 Å². The number of ketones is 1. The van der Waals surface area contributed by atoms with Crippen molar-refractivity contribution in [2.75, 3.05) is 0 Å². The Morgan fingerprint density at radius 2 is 1.76 bits per heavy atom. The highest BCUT2D eigenvalue weighted by atomic mass is 35.5. The molecule has 1 aliphatic rings. The fraction of sp³-hybridized carbons (Fsp3) is 0.0625. The summed E-state index contributed by atoms with van der Waals surface area (Å²) < 4.78 is 34.7. The fourth-order valence-electron chi connectivity index (χ4n) is 2.22. The number of nitrogens with two attached hydrogens (primary N) is 1. The van der Waals surface area contributed by atoms with E-state index >= 15 is 0 Å². The molecule has 6 nitrogen and oxygen atoms in total. The van der Waals surface area contributed by atoms with Crippen LogP contribution in [0, 0.1) is 0 Å². The van der Waals surface area contributed by atoms with Crippen LogP contribution in [-0.4, -0.2) is 14.2 Å². The number of rotatable bonds is 4. The van der Waals surface area contributed by atoms with Gasteiger partial charge >= 0.3 is 10.1 Å². The molecule has 0 aliphatic carbocycles. The Morgan fingerprint density at radius 3 is 2.40 bits per heavy atom. The van der Waals surface area contributed by atoms with Crippen LogP contribution >= 0.6 is 23.2 Å². The first-order valence-electron chi connectivity index (χ1n) is 6.94. The van der Waals surface area contributed by atoms with Crippen LogP contribution in [0.25, 0.3) is 0 Å². The molecule has 0 spiro atoms. The van der Waals surface area contributed by atoms with Crippen molar-refractivity contribution in [3.63, 3.8) is 0 Å². The first kappa shape index (κ1) is 17.6. The van der Waals surface area contributed by atoms with Crippen molar-refractivity contribution in [2.24, 2.45) is 5.73 Å². The molecular formula is C16H11Cl2NO5S. The predicted octanol–water partition coefficient (Wildman–Crippen LogP) is 3.17. The van der Waals surface area contributed by atoms with E-state index in [0.29, 0.717) is 10.6 Å². The molecule has 0 amide bonds. The maximum absolute atomic E-state index is 12.5. The van der Waals surface area contributed by atoms with Crippen molar-refractivity contribution in [2.45, 2.75) is 11.0 Å². The van der Waals surface area contributed by atoms with Gasteiger partial charge < -0.3 is 14.7 Å². The summed E-state index contributed by atoms with van der Waals surface area (Å²) in [6, 6.07) is 11.8. The Bertz CT molecular complexity index is 973. The van der Waals surface area contributed by atoms with Crippen LogP contribution in [-0.2, 0) is 23.8 Å². The molecule has 0 aromatic heterocycles. The fourth-order valence-corrected chi connectivity index (χ4v) is 3.70. The molecule has 25 heavy (non-hydrogen) atoms. The average Bonchev–Trinajstić information content (AvgIpc) is 2.83. The third kappa shape index (κ3) is 3.44. The molecule has 2 aromatic rings. The molecule has 0 fully saturated rings. The summed E-state index contributed by atoms with van der Waals surface area (Å²) >= 11 is 11.9. The highest BCUT2D eigenvalue weighted by Gasteiger charge is 2.40. The minimum atomic E-state index is -4.22. The van der Waals surface area contributed by atoms with E-state index in [1.165, 1.54) is 42.5 Å². The molecule has 1 atom stereocenters. The zero-order valence-electron chi connectivity index (χ0n) is 12.5. The van der Waals surface area contributed by atoms with E-state index < -0.39 is 33.6 Å². The zero-order valence-corrected chi connectivity index (χ0v) is 14.8. The Hall–Kier alpha value is -2.22. The Kier molecular flexibility index (Phi) is 4.64. The molecule has 0 bridgehead atoms. The molecule has 0 saturated carbocycles. The normalized spacial score (nSPS) is 17.5. The quantitative estimate of drug-likeness (QED) is 0.793. The van der Waals surface area contributed by atoms with Crippen LogP contribution in [0.15, 0.2) is 65.1 Å². The number of Topliss-reactive ketones (excluding diaryl/α,β-unsaturated/α-hetero) is 1.